The summed E-state index contributed by atoms with van der Waals surface area (Å²) in [6, 6.07) is 9.37. The summed E-state index contributed by atoms with van der Waals surface area (Å²) in [4.78, 5) is 22.8. The molecule has 1 N–H and O–H groups in total. The summed E-state index contributed by atoms with van der Waals surface area (Å²) in [5.41, 5.74) is 2.97. The van der Waals surface area contributed by atoms with Crippen LogP contribution in [0.4, 0.5) is 0 Å². The number of likely N-dealkylation sites (tertiary alicyclic amines) is 1. The second kappa shape index (κ2) is 7.53. The molecule has 0 spiro atoms. The molecule has 1 aliphatic rings. The Morgan fingerprint density at radius 2 is 2.17 bits per heavy atom. The second-order valence-corrected chi connectivity index (χ2v) is 6.39. The molecule has 3 heterocycles. The molecule has 0 aliphatic carbocycles. The van der Waals surface area contributed by atoms with Gasteiger partial charge in [-0.15, -0.1) is 0 Å². The Bertz CT molecular complexity index is 673. The molecule has 5 heteroatoms. The Morgan fingerprint density at radius 3 is 2.83 bits per heavy atom. The van der Waals surface area contributed by atoms with Gasteiger partial charge in [-0.3, -0.25) is 19.7 Å². The highest BCUT2D eigenvalue weighted by atomic mass is 16.4. The molecule has 2 aromatic heterocycles. The molecular weight excluding hydrogens is 302 g/mol. The van der Waals surface area contributed by atoms with Crippen LogP contribution in [-0.2, 0) is 11.2 Å². The van der Waals surface area contributed by atoms with E-state index in [0.717, 1.165) is 36.3 Å². The van der Waals surface area contributed by atoms with Crippen molar-refractivity contribution in [2.75, 3.05) is 6.54 Å². The van der Waals surface area contributed by atoms with Crippen LogP contribution in [0, 0.1) is 6.92 Å². The third-order valence-electron chi connectivity index (χ3n) is 4.63. The number of piperidine rings is 1. The summed E-state index contributed by atoms with van der Waals surface area (Å²) >= 11 is 0. The molecule has 1 aliphatic heterocycles. The number of aromatic nitrogens is 2. The first kappa shape index (κ1) is 16.6. The van der Waals surface area contributed by atoms with E-state index in [1.807, 2.05) is 43.5 Å². The van der Waals surface area contributed by atoms with Crippen molar-refractivity contribution in [2.45, 2.75) is 44.7 Å². The van der Waals surface area contributed by atoms with Gasteiger partial charge in [0.1, 0.15) is 6.04 Å². The van der Waals surface area contributed by atoms with Crippen molar-refractivity contribution in [1.29, 1.82) is 0 Å². The number of carbonyl (C=O) groups is 1. The predicted octanol–water partition coefficient (Wildman–Crippen LogP) is 3.01. The van der Waals surface area contributed by atoms with Gasteiger partial charge in [0, 0.05) is 24.5 Å². The number of carboxylic acid groups (broad SMARTS) is 1. The van der Waals surface area contributed by atoms with Gasteiger partial charge in [-0.2, -0.15) is 0 Å². The zero-order chi connectivity index (χ0) is 16.9. The van der Waals surface area contributed by atoms with Crippen molar-refractivity contribution in [1.82, 2.24) is 14.9 Å². The van der Waals surface area contributed by atoms with Crippen molar-refractivity contribution >= 4 is 5.97 Å². The predicted molar refractivity (Wildman–Crippen MR) is 91.6 cm³/mol. The summed E-state index contributed by atoms with van der Waals surface area (Å²) in [5.74, 6) is -0.743. The zero-order valence-corrected chi connectivity index (χ0v) is 13.9. The standard InChI is InChI=1S/C19H23N3O2/c1-14-8-9-16(21-13-14)18(12-15-6-2-4-10-20-15)22-11-5-3-7-17(22)19(23)24/h2,4,6,8-10,13,17-18H,3,5,7,11-12H2,1H3,(H,23,24). The fourth-order valence-electron chi connectivity index (χ4n) is 3.38. The number of rotatable bonds is 5. The van der Waals surface area contributed by atoms with Crippen molar-refractivity contribution in [3.63, 3.8) is 0 Å². The Hall–Kier alpha value is -2.27. The molecule has 2 unspecified atom stereocenters. The maximum absolute atomic E-state index is 11.7. The fraction of sp³-hybridized carbons (Fsp3) is 0.421. The molecule has 5 nitrogen and oxygen atoms in total. The molecule has 0 amide bonds. The number of aryl methyl sites for hydroxylation is 1. The van der Waals surface area contributed by atoms with Crippen LogP contribution < -0.4 is 0 Å². The minimum atomic E-state index is -0.743. The van der Waals surface area contributed by atoms with Crippen LogP contribution in [0.1, 0.15) is 42.3 Å². The fourth-order valence-corrected chi connectivity index (χ4v) is 3.38. The first-order valence-corrected chi connectivity index (χ1v) is 8.46. The molecule has 0 bridgehead atoms. The first-order valence-electron chi connectivity index (χ1n) is 8.46. The van der Waals surface area contributed by atoms with E-state index in [9.17, 15) is 9.90 Å². The van der Waals surface area contributed by atoms with Gasteiger partial charge in [0.25, 0.3) is 0 Å². The van der Waals surface area contributed by atoms with Crippen LogP contribution in [0.3, 0.4) is 0 Å². The summed E-state index contributed by atoms with van der Waals surface area (Å²) in [7, 11) is 0. The third kappa shape index (κ3) is 3.79. The Balaban J connectivity index is 1.94. The van der Waals surface area contributed by atoms with Crippen molar-refractivity contribution in [3.05, 3.63) is 59.7 Å². The maximum Gasteiger partial charge on any atom is 0.320 e. The van der Waals surface area contributed by atoms with E-state index in [-0.39, 0.29) is 6.04 Å². The van der Waals surface area contributed by atoms with Gasteiger partial charge >= 0.3 is 5.97 Å². The van der Waals surface area contributed by atoms with E-state index in [1.165, 1.54) is 0 Å². The number of pyridine rings is 2. The van der Waals surface area contributed by atoms with Crippen LogP contribution in [0.2, 0.25) is 0 Å². The number of hydrogen-bond donors (Lipinski definition) is 1. The monoisotopic (exact) mass is 325 g/mol. The lowest BCUT2D eigenvalue weighted by molar-refractivity contribution is -0.146. The average Bonchev–Trinajstić information content (AvgIpc) is 2.61. The molecule has 0 radical (unpaired) electrons. The van der Waals surface area contributed by atoms with Crippen molar-refractivity contribution in [3.8, 4) is 0 Å². The number of nitrogens with zero attached hydrogens (tertiary/aromatic N) is 3. The van der Waals surface area contributed by atoms with Gasteiger partial charge in [0.2, 0.25) is 0 Å². The summed E-state index contributed by atoms with van der Waals surface area (Å²) < 4.78 is 0. The molecular formula is C19H23N3O2. The van der Waals surface area contributed by atoms with Gasteiger partial charge in [-0.1, -0.05) is 18.6 Å². The van der Waals surface area contributed by atoms with Crippen LogP contribution in [-0.4, -0.2) is 38.5 Å². The Labute approximate surface area is 142 Å². The number of aliphatic carboxylic acids is 1. The molecule has 0 aromatic carbocycles. The van der Waals surface area contributed by atoms with Crippen LogP contribution >= 0.6 is 0 Å². The maximum atomic E-state index is 11.7. The minimum absolute atomic E-state index is 0.0677. The van der Waals surface area contributed by atoms with Gasteiger partial charge in [-0.25, -0.2) is 0 Å². The lowest BCUT2D eigenvalue weighted by Gasteiger charge is -2.38. The van der Waals surface area contributed by atoms with Crippen molar-refractivity contribution < 1.29 is 9.90 Å². The molecule has 2 aromatic rings. The minimum Gasteiger partial charge on any atom is -0.480 e. The first-order chi connectivity index (χ1) is 11.6. The summed E-state index contributed by atoms with van der Waals surface area (Å²) in [6.45, 7) is 2.79. The van der Waals surface area contributed by atoms with Crippen molar-refractivity contribution in [2.24, 2.45) is 0 Å². The van der Waals surface area contributed by atoms with Crippen LogP contribution in [0.5, 0.6) is 0 Å². The van der Waals surface area contributed by atoms with E-state index < -0.39 is 12.0 Å². The third-order valence-corrected chi connectivity index (χ3v) is 4.63. The second-order valence-electron chi connectivity index (χ2n) is 6.39. The van der Waals surface area contributed by atoms with Crippen LogP contribution in [0.15, 0.2) is 42.7 Å². The molecule has 24 heavy (non-hydrogen) atoms. The SMILES string of the molecule is Cc1ccc(C(Cc2ccccn2)N2CCCCC2C(=O)O)nc1. The molecule has 0 saturated carbocycles. The van der Waals surface area contributed by atoms with Crippen LogP contribution in [0.25, 0.3) is 0 Å². The summed E-state index contributed by atoms with van der Waals surface area (Å²) in [5, 5.41) is 9.64. The number of hydrogen-bond acceptors (Lipinski definition) is 4. The largest absolute Gasteiger partial charge is 0.480 e. The number of carboxylic acids is 1. The van der Waals surface area contributed by atoms with E-state index in [1.54, 1.807) is 6.20 Å². The normalized spacial score (nSPS) is 19.8. The molecule has 1 saturated heterocycles. The summed E-state index contributed by atoms with van der Waals surface area (Å²) in [6.07, 6.45) is 6.97. The highest BCUT2D eigenvalue weighted by Gasteiger charge is 2.35. The Morgan fingerprint density at radius 1 is 1.29 bits per heavy atom. The highest BCUT2D eigenvalue weighted by molar-refractivity contribution is 5.73. The molecule has 126 valence electrons. The smallest absolute Gasteiger partial charge is 0.320 e. The Kier molecular flexibility index (Phi) is 5.20. The topological polar surface area (TPSA) is 66.3 Å². The van der Waals surface area contributed by atoms with E-state index in [0.29, 0.717) is 12.8 Å². The van der Waals surface area contributed by atoms with E-state index in [2.05, 4.69) is 14.9 Å². The van der Waals surface area contributed by atoms with E-state index in [4.69, 9.17) is 0 Å². The lowest BCUT2D eigenvalue weighted by atomic mass is 9.95. The zero-order valence-electron chi connectivity index (χ0n) is 13.9. The molecule has 3 rings (SSSR count). The quantitative estimate of drug-likeness (QED) is 0.915. The van der Waals surface area contributed by atoms with Gasteiger partial charge in [0.05, 0.1) is 11.7 Å². The van der Waals surface area contributed by atoms with Gasteiger partial charge in [-0.05, 0) is 50.1 Å². The van der Waals surface area contributed by atoms with E-state index >= 15 is 0 Å². The average molecular weight is 325 g/mol. The lowest BCUT2D eigenvalue weighted by Crippen LogP contribution is -2.47. The van der Waals surface area contributed by atoms with Gasteiger partial charge in [0.15, 0.2) is 0 Å². The highest BCUT2D eigenvalue weighted by Crippen LogP contribution is 2.30. The van der Waals surface area contributed by atoms with Gasteiger partial charge < -0.3 is 5.11 Å². The molecule has 2 atom stereocenters. The molecule has 1 fully saturated rings.